The summed E-state index contributed by atoms with van der Waals surface area (Å²) in [6.07, 6.45) is 4.48. The van der Waals surface area contributed by atoms with Crippen molar-refractivity contribution in [1.29, 1.82) is 0 Å². The number of rotatable bonds is 5. The molecule has 0 bridgehead atoms. The van der Waals surface area contributed by atoms with E-state index in [-0.39, 0.29) is 6.04 Å². The minimum atomic E-state index is -0.00414. The Bertz CT molecular complexity index is 510. The smallest absolute Gasteiger partial charge is 0.140 e. The van der Waals surface area contributed by atoms with Gasteiger partial charge in [0.05, 0.1) is 16.4 Å². The molecule has 2 heterocycles. The van der Waals surface area contributed by atoms with Crippen molar-refractivity contribution in [1.82, 2.24) is 10.3 Å². The zero-order valence-corrected chi connectivity index (χ0v) is 12.2. The molecule has 3 nitrogen and oxygen atoms in total. The zero-order valence-electron chi connectivity index (χ0n) is 10.6. The van der Waals surface area contributed by atoms with Crippen molar-refractivity contribution in [2.45, 2.75) is 26.3 Å². The van der Waals surface area contributed by atoms with E-state index < -0.39 is 0 Å². The maximum atomic E-state index is 5.58. The maximum Gasteiger partial charge on any atom is 0.140 e. The first kappa shape index (κ1) is 13.3. The highest BCUT2D eigenvalue weighted by Gasteiger charge is 2.22. The highest BCUT2D eigenvalue weighted by molar-refractivity contribution is 9.10. The summed E-state index contributed by atoms with van der Waals surface area (Å²) >= 11 is 3.52. The molecule has 0 aliphatic carbocycles. The predicted molar refractivity (Wildman–Crippen MR) is 75.5 cm³/mol. The van der Waals surface area contributed by atoms with Crippen LogP contribution in [-0.2, 0) is 6.42 Å². The summed E-state index contributed by atoms with van der Waals surface area (Å²) in [5, 5.41) is 3.43. The highest BCUT2D eigenvalue weighted by atomic mass is 79.9. The molecular formula is C14H17BrN2O. The monoisotopic (exact) mass is 308 g/mol. The van der Waals surface area contributed by atoms with Crippen LogP contribution in [-0.4, -0.2) is 11.5 Å². The van der Waals surface area contributed by atoms with Crippen molar-refractivity contribution >= 4 is 15.9 Å². The molecule has 2 aromatic rings. The second kappa shape index (κ2) is 6.16. The van der Waals surface area contributed by atoms with Crippen LogP contribution in [0.2, 0.25) is 0 Å². The lowest BCUT2D eigenvalue weighted by atomic mass is 10.0. The summed E-state index contributed by atoms with van der Waals surface area (Å²) in [5.41, 5.74) is 2.28. The van der Waals surface area contributed by atoms with Gasteiger partial charge in [0, 0.05) is 6.20 Å². The molecule has 2 rings (SSSR count). The van der Waals surface area contributed by atoms with Gasteiger partial charge in [0.2, 0.25) is 0 Å². The van der Waals surface area contributed by atoms with Crippen molar-refractivity contribution in [3.8, 4) is 0 Å². The van der Waals surface area contributed by atoms with Gasteiger partial charge in [0.1, 0.15) is 11.8 Å². The molecule has 2 aromatic heterocycles. The second-order valence-electron chi connectivity index (χ2n) is 4.02. The molecule has 0 amide bonds. The van der Waals surface area contributed by atoms with Crippen LogP contribution < -0.4 is 5.32 Å². The Balaban J connectivity index is 2.45. The van der Waals surface area contributed by atoms with Gasteiger partial charge in [-0.2, -0.15) is 0 Å². The summed E-state index contributed by atoms with van der Waals surface area (Å²) in [4.78, 5) is 4.52. The van der Waals surface area contributed by atoms with E-state index in [0.29, 0.717) is 0 Å². The Labute approximate surface area is 116 Å². The molecule has 0 fully saturated rings. The van der Waals surface area contributed by atoms with Crippen LogP contribution in [0.25, 0.3) is 0 Å². The second-order valence-corrected chi connectivity index (χ2v) is 4.88. The van der Waals surface area contributed by atoms with E-state index in [1.54, 1.807) is 6.26 Å². The first-order valence-electron chi connectivity index (χ1n) is 6.18. The molecule has 18 heavy (non-hydrogen) atoms. The number of hydrogen-bond acceptors (Lipinski definition) is 3. The Kier molecular flexibility index (Phi) is 4.55. The first-order chi connectivity index (χ1) is 8.77. The fourth-order valence-electron chi connectivity index (χ4n) is 2.04. The Hall–Kier alpha value is -1.13. The SMILES string of the molecule is CCNC(c1ncccc1CC)c1occc1Br. The predicted octanol–water partition coefficient (Wildman–Crippen LogP) is 3.70. The molecule has 0 radical (unpaired) electrons. The molecule has 0 aromatic carbocycles. The lowest BCUT2D eigenvalue weighted by Gasteiger charge is -2.18. The Morgan fingerprint density at radius 2 is 2.22 bits per heavy atom. The number of nitrogens with zero attached hydrogens (tertiary/aromatic N) is 1. The lowest BCUT2D eigenvalue weighted by Crippen LogP contribution is -2.24. The van der Waals surface area contributed by atoms with Crippen molar-refractivity contribution in [3.63, 3.8) is 0 Å². The number of furan rings is 1. The third kappa shape index (κ3) is 2.65. The van der Waals surface area contributed by atoms with Crippen LogP contribution in [0.1, 0.15) is 36.9 Å². The lowest BCUT2D eigenvalue weighted by molar-refractivity contribution is 0.443. The van der Waals surface area contributed by atoms with E-state index in [2.05, 4.69) is 46.1 Å². The van der Waals surface area contributed by atoms with Gasteiger partial charge >= 0.3 is 0 Å². The van der Waals surface area contributed by atoms with E-state index in [1.807, 2.05) is 18.3 Å². The van der Waals surface area contributed by atoms with E-state index in [9.17, 15) is 0 Å². The topological polar surface area (TPSA) is 38.1 Å². The number of halogens is 1. The molecule has 4 heteroatoms. The van der Waals surface area contributed by atoms with Crippen molar-refractivity contribution in [3.05, 3.63) is 52.1 Å². The molecule has 96 valence electrons. The van der Waals surface area contributed by atoms with Crippen LogP contribution in [0.4, 0.5) is 0 Å². The normalized spacial score (nSPS) is 12.6. The highest BCUT2D eigenvalue weighted by Crippen LogP contribution is 2.30. The molecule has 1 unspecified atom stereocenters. The average molecular weight is 309 g/mol. The van der Waals surface area contributed by atoms with Crippen LogP contribution in [0.15, 0.2) is 39.5 Å². The van der Waals surface area contributed by atoms with Crippen molar-refractivity contribution < 1.29 is 4.42 Å². The standard InChI is InChI=1S/C14H17BrN2O/c1-3-10-6-5-8-17-12(10)13(16-4-2)14-11(15)7-9-18-14/h5-9,13,16H,3-4H2,1-2H3. The minimum Gasteiger partial charge on any atom is -0.466 e. The fraction of sp³-hybridized carbons (Fsp3) is 0.357. The molecule has 0 spiro atoms. The van der Waals surface area contributed by atoms with Gasteiger partial charge in [-0.05, 0) is 46.6 Å². The van der Waals surface area contributed by atoms with Gasteiger partial charge in [-0.25, -0.2) is 0 Å². The van der Waals surface area contributed by atoms with Gasteiger partial charge < -0.3 is 9.73 Å². The first-order valence-corrected chi connectivity index (χ1v) is 6.97. The van der Waals surface area contributed by atoms with E-state index in [0.717, 1.165) is 28.9 Å². The van der Waals surface area contributed by atoms with E-state index in [4.69, 9.17) is 4.42 Å². The summed E-state index contributed by atoms with van der Waals surface area (Å²) in [6, 6.07) is 6.00. The van der Waals surface area contributed by atoms with Gasteiger partial charge in [-0.15, -0.1) is 0 Å². The third-order valence-corrected chi connectivity index (χ3v) is 3.55. The number of hydrogen-bond donors (Lipinski definition) is 1. The van der Waals surface area contributed by atoms with Crippen LogP contribution in [0.3, 0.4) is 0 Å². The zero-order chi connectivity index (χ0) is 13.0. The Morgan fingerprint density at radius 3 is 2.83 bits per heavy atom. The molecule has 0 saturated carbocycles. The van der Waals surface area contributed by atoms with Crippen LogP contribution in [0.5, 0.6) is 0 Å². The summed E-state index contributed by atoms with van der Waals surface area (Å²) < 4.78 is 6.56. The maximum absolute atomic E-state index is 5.58. The molecule has 1 atom stereocenters. The number of nitrogens with one attached hydrogen (secondary N) is 1. The van der Waals surface area contributed by atoms with E-state index in [1.165, 1.54) is 5.56 Å². The van der Waals surface area contributed by atoms with Gasteiger partial charge in [-0.3, -0.25) is 4.98 Å². The molecular weight excluding hydrogens is 292 g/mol. The van der Waals surface area contributed by atoms with Gasteiger partial charge in [0.15, 0.2) is 0 Å². The minimum absolute atomic E-state index is 0.00414. The summed E-state index contributed by atoms with van der Waals surface area (Å²) in [7, 11) is 0. The Morgan fingerprint density at radius 1 is 1.39 bits per heavy atom. The van der Waals surface area contributed by atoms with E-state index >= 15 is 0 Å². The largest absolute Gasteiger partial charge is 0.466 e. The van der Waals surface area contributed by atoms with Crippen LogP contribution >= 0.6 is 15.9 Å². The van der Waals surface area contributed by atoms with Crippen molar-refractivity contribution in [2.24, 2.45) is 0 Å². The molecule has 1 N–H and O–H groups in total. The van der Waals surface area contributed by atoms with Crippen LogP contribution in [0, 0.1) is 0 Å². The number of aromatic nitrogens is 1. The van der Waals surface area contributed by atoms with Crippen molar-refractivity contribution in [2.75, 3.05) is 6.54 Å². The number of aryl methyl sites for hydroxylation is 1. The third-order valence-electron chi connectivity index (χ3n) is 2.90. The summed E-state index contributed by atoms with van der Waals surface area (Å²) in [6.45, 7) is 5.08. The van der Waals surface area contributed by atoms with Gasteiger partial charge in [-0.1, -0.05) is 19.9 Å². The quantitative estimate of drug-likeness (QED) is 0.915. The number of pyridine rings is 1. The molecule has 0 aliphatic rings. The van der Waals surface area contributed by atoms with Gasteiger partial charge in [0.25, 0.3) is 0 Å². The molecule has 0 saturated heterocycles. The molecule has 0 aliphatic heterocycles. The average Bonchev–Trinajstić information content (AvgIpc) is 2.82. The summed E-state index contributed by atoms with van der Waals surface area (Å²) in [5.74, 6) is 0.880. The fourth-order valence-corrected chi connectivity index (χ4v) is 2.47.